The van der Waals surface area contributed by atoms with Crippen molar-refractivity contribution in [2.45, 2.75) is 25.8 Å². The average Bonchev–Trinajstić information content (AvgIpc) is 2.52. The summed E-state index contributed by atoms with van der Waals surface area (Å²) in [6, 6.07) is 6.12. The van der Waals surface area contributed by atoms with Crippen molar-refractivity contribution in [3.63, 3.8) is 0 Å². The summed E-state index contributed by atoms with van der Waals surface area (Å²) in [4.78, 5) is 14.2. The largest absolute Gasteiger partial charge is 0.497 e. The molecule has 21 heavy (non-hydrogen) atoms. The molecule has 0 aliphatic carbocycles. The maximum Gasteiger partial charge on any atom is 0.222 e. The zero-order valence-electron chi connectivity index (χ0n) is 13.0. The molecule has 1 heterocycles. The van der Waals surface area contributed by atoms with Gasteiger partial charge in [-0.3, -0.25) is 4.79 Å². The third-order valence-corrected chi connectivity index (χ3v) is 3.76. The number of hydrogen-bond donors (Lipinski definition) is 1. The van der Waals surface area contributed by atoms with Crippen molar-refractivity contribution < 1.29 is 14.3 Å². The van der Waals surface area contributed by atoms with Crippen molar-refractivity contribution in [1.82, 2.24) is 10.2 Å². The minimum Gasteiger partial charge on any atom is -0.497 e. The fraction of sp³-hybridized carbons (Fsp3) is 0.562. The third kappa shape index (κ3) is 4.36. The first-order chi connectivity index (χ1) is 10.1. The number of benzene rings is 1. The predicted octanol–water partition coefficient (Wildman–Crippen LogP) is 1.46. The van der Waals surface area contributed by atoms with Crippen LogP contribution in [-0.2, 0) is 11.2 Å². The van der Waals surface area contributed by atoms with Gasteiger partial charge in [-0.15, -0.1) is 0 Å². The number of ether oxygens (including phenoxy) is 2. The highest BCUT2D eigenvalue weighted by Crippen LogP contribution is 2.23. The van der Waals surface area contributed by atoms with E-state index in [1.165, 1.54) is 0 Å². The lowest BCUT2D eigenvalue weighted by Gasteiger charge is -2.32. The molecule has 116 valence electrons. The standard InChI is InChI=1S/C16H24N2O3/c1-12-11-18(7-6-17-12)16(19)5-4-13-8-14(20-2)10-15(9-13)21-3/h8-10,12,17H,4-7,11H2,1-3H3/t12-/m1/s1. The summed E-state index contributed by atoms with van der Waals surface area (Å²) in [6.07, 6.45) is 1.22. The lowest BCUT2D eigenvalue weighted by molar-refractivity contribution is -0.132. The molecule has 2 rings (SSSR count). The monoisotopic (exact) mass is 292 g/mol. The maximum atomic E-state index is 12.3. The molecular weight excluding hydrogens is 268 g/mol. The first-order valence-corrected chi connectivity index (χ1v) is 7.35. The highest BCUT2D eigenvalue weighted by molar-refractivity contribution is 5.76. The lowest BCUT2D eigenvalue weighted by Crippen LogP contribution is -2.51. The number of carbonyl (C=O) groups is 1. The predicted molar refractivity (Wildman–Crippen MR) is 81.9 cm³/mol. The van der Waals surface area contributed by atoms with Gasteiger partial charge in [0, 0.05) is 38.2 Å². The Morgan fingerprint density at radius 1 is 1.29 bits per heavy atom. The number of nitrogens with one attached hydrogen (secondary N) is 1. The quantitative estimate of drug-likeness (QED) is 0.892. The van der Waals surface area contributed by atoms with Crippen molar-refractivity contribution in [1.29, 1.82) is 0 Å². The van der Waals surface area contributed by atoms with Crippen molar-refractivity contribution in [3.8, 4) is 11.5 Å². The van der Waals surface area contributed by atoms with Gasteiger partial charge in [-0.1, -0.05) is 0 Å². The molecule has 1 fully saturated rings. The van der Waals surface area contributed by atoms with Gasteiger partial charge in [0.05, 0.1) is 14.2 Å². The summed E-state index contributed by atoms with van der Waals surface area (Å²) in [5, 5.41) is 3.34. The Hall–Kier alpha value is -1.75. The Balaban J connectivity index is 1.94. The van der Waals surface area contributed by atoms with Crippen LogP contribution >= 0.6 is 0 Å². The zero-order valence-corrected chi connectivity index (χ0v) is 13.0. The first-order valence-electron chi connectivity index (χ1n) is 7.35. The second-order valence-electron chi connectivity index (χ2n) is 5.42. The highest BCUT2D eigenvalue weighted by Gasteiger charge is 2.20. The molecule has 1 amide bonds. The van der Waals surface area contributed by atoms with Gasteiger partial charge < -0.3 is 19.7 Å². The van der Waals surface area contributed by atoms with E-state index in [1.807, 2.05) is 23.1 Å². The van der Waals surface area contributed by atoms with Crippen LogP contribution in [0, 0.1) is 0 Å². The molecule has 0 spiro atoms. The van der Waals surface area contributed by atoms with E-state index >= 15 is 0 Å². The molecule has 0 bridgehead atoms. The molecule has 1 aromatic carbocycles. The molecule has 0 saturated carbocycles. The number of piperazine rings is 1. The second kappa shape index (κ2) is 7.31. The normalized spacial score (nSPS) is 18.4. The summed E-state index contributed by atoms with van der Waals surface area (Å²) >= 11 is 0. The van der Waals surface area contributed by atoms with Crippen molar-refractivity contribution >= 4 is 5.91 Å². The van der Waals surface area contributed by atoms with Crippen LogP contribution < -0.4 is 14.8 Å². The van der Waals surface area contributed by atoms with Crippen LogP contribution in [0.15, 0.2) is 18.2 Å². The number of methoxy groups -OCH3 is 2. The molecule has 1 aromatic rings. The molecule has 0 radical (unpaired) electrons. The zero-order chi connectivity index (χ0) is 15.2. The van der Waals surface area contributed by atoms with Crippen molar-refractivity contribution in [2.75, 3.05) is 33.9 Å². The van der Waals surface area contributed by atoms with Crippen molar-refractivity contribution in [3.05, 3.63) is 23.8 Å². The Labute approximate surface area is 126 Å². The van der Waals surface area contributed by atoms with E-state index in [-0.39, 0.29) is 5.91 Å². The summed E-state index contributed by atoms with van der Waals surface area (Å²) in [7, 11) is 3.26. The van der Waals surface area contributed by atoms with Crippen molar-refractivity contribution in [2.24, 2.45) is 0 Å². The van der Waals surface area contributed by atoms with E-state index in [9.17, 15) is 4.79 Å². The topological polar surface area (TPSA) is 50.8 Å². The summed E-state index contributed by atoms with van der Waals surface area (Å²) in [5.41, 5.74) is 1.06. The van der Waals surface area contributed by atoms with E-state index in [2.05, 4.69) is 12.2 Å². The smallest absolute Gasteiger partial charge is 0.222 e. The van der Waals surface area contributed by atoms with Gasteiger partial charge in [0.1, 0.15) is 11.5 Å². The van der Waals surface area contributed by atoms with Gasteiger partial charge in [-0.05, 0) is 31.0 Å². The van der Waals surface area contributed by atoms with E-state index in [0.29, 0.717) is 18.9 Å². The van der Waals surface area contributed by atoms with Gasteiger partial charge in [-0.2, -0.15) is 0 Å². The molecule has 1 N–H and O–H groups in total. The average molecular weight is 292 g/mol. The number of aryl methyl sites for hydroxylation is 1. The highest BCUT2D eigenvalue weighted by atomic mass is 16.5. The molecule has 5 nitrogen and oxygen atoms in total. The summed E-state index contributed by atoms with van der Waals surface area (Å²) in [6.45, 7) is 4.57. The molecule has 1 saturated heterocycles. The number of nitrogens with zero attached hydrogens (tertiary/aromatic N) is 1. The van der Waals surface area contributed by atoms with Crippen LogP contribution in [0.5, 0.6) is 11.5 Å². The van der Waals surface area contributed by atoms with Crippen LogP contribution in [0.4, 0.5) is 0 Å². The number of rotatable bonds is 5. The lowest BCUT2D eigenvalue weighted by atomic mass is 10.1. The van der Waals surface area contributed by atoms with Gasteiger partial charge in [-0.25, -0.2) is 0 Å². The van der Waals surface area contributed by atoms with E-state index in [0.717, 1.165) is 36.7 Å². The maximum absolute atomic E-state index is 12.3. The van der Waals surface area contributed by atoms with Crippen LogP contribution in [0.2, 0.25) is 0 Å². The molecule has 0 aromatic heterocycles. The van der Waals surface area contributed by atoms with E-state index in [4.69, 9.17) is 9.47 Å². The van der Waals surface area contributed by atoms with Crippen LogP contribution in [-0.4, -0.2) is 50.7 Å². The van der Waals surface area contributed by atoms with Gasteiger partial charge in [0.25, 0.3) is 0 Å². The molecule has 5 heteroatoms. The second-order valence-corrected chi connectivity index (χ2v) is 5.42. The minimum absolute atomic E-state index is 0.213. The fourth-order valence-corrected chi connectivity index (χ4v) is 2.58. The summed E-state index contributed by atoms with van der Waals surface area (Å²) in [5.74, 6) is 1.73. The molecule has 0 unspecified atom stereocenters. The van der Waals surface area contributed by atoms with Gasteiger partial charge in [0.2, 0.25) is 5.91 Å². The molecule has 1 aliphatic rings. The van der Waals surface area contributed by atoms with Gasteiger partial charge >= 0.3 is 0 Å². The van der Waals surface area contributed by atoms with E-state index < -0.39 is 0 Å². The van der Waals surface area contributed by atoms with Crippen LogP contribution in [0.1, 0.15) is 18.9 Å². The molecule has 1 atom stereocenters. The van der Waals surface area contributed by atoms with Crippen LogP contribution in [0.3, 0.4) is 0 Å². The number of hydrogen-bond acceptors (Lipinski definition) is 4. The third-order valence-electron chi connectivity index (χ3n) is 3.76. The Morgan fingerprint density at radius 3 is 2.52 bits per heavy atom. The minimum atomic E-state index is 0.213. The van der Waals surface area contributed by atoms with Crippen LogP contribution in [0.25, 0.3) is 0 Å². The SMILES string of the molecule is COc1cc(CCC(=O)N2CCN[C@H](C)C2)cc(OC)c1. The first kappa shape index (κ1) is 15.6. The molecular formula is C16H24N2O3. The Morgan fingerprint density at radius 2 is 1.95 bits per heavy atom. The Kier molecular flexibility index (Phi) is 5.44. The molecule has 1 aliphatic heterocycles. The number of carbonyl (C=O) groups excluding carboxylic acids is 1. The van der Waals surface area contributed by atoms with E-state index in [1.54, 1.807) is 14.2 Å². The number of amides is 1. The Bertz CT molecular complexity index is 468. The summed E-state index contributed by atoms with van der Waals surface area (Å²) < 4.78 is 10.5. The fourth-order valence-electron chi connectivity index (χ4n) is 2.58. The van der Waals surface area contributed by atoms with Gasteiger partial charge in [0.15, 0.2) is 0 Å².